The lowest BCUT2D eigenvalue weighted by molar-refractivity contribution is -0.122. The smallest absolute Gasteiger partial charge is 0.251 e. The Kier molecular flexibility index (Phi) is 8.79. The third-order valence-electron chi connectivity index (χ3n) is 5.78. The van der Waals surface area contributed by atoms with E-state index in [4.69, 9.17) is 4.74 Å². The maximum atomic E-state index is 12.8. The monoisotopic (exact) mass is 476 g/mol. The second-order valence-electron chi connectivity index (χ2n) is 7.80. The lowest BCUT2D eigenvalue weighted by Crippen LogP contribution is -2.44. The van der Waals surface area contributed by atoms with E-state index in [-0.39, 0.29) is 23.4 Å². The van der Waals surface area contributed by atoms with Gasteiger partial charge in [-0.25, -0.2) is 8.42 Å². The molecule has 10 heteroatoms. The highest BCUT2D eigenvalue weighted by Gasteiger charge is 2.24. The van der Waals surface area contributed by atoms with Gasteiger partial charge in [0.1, 0.15) is 6.54 Å². The number of amides is 1. The van der Waals surface area contributed by atoms with E-state index in [1.807, 2.05) is 30.3 Å². The van der Waals surface area contributed by atoms with E-state index in [1.165, 1.54) is 22.6 Å². The quantitative estimate of drug-likeness (QED) is 0.551. The Labute approximate surface area is 195 Å². The molecule has 0 unspecified atom stereocenters. The van der Waals surface area contributed by atoms with Gasteiger partial charge in [0.2, 0.25) is 15.9 Å². The lowest BCUT2D eigenvalue weighted by Gasteiger charge is -2.35. The number of hydrogen-bond donors (Lipinski definition) is 1. The molecular formula is C23H32N4O5S. The van der Waals surface area contributed by atoms with Crippen molar-refractivity contribution in [3.63, 3.8) is 0 Å². The fourth-order valence-electron chi connectivity index (χ4n) is 3.94. The number of carbonyl (C=O) groups is 1. The van der Waals surface area contributed by atoms with Crippen LogP contribution >= 0.6 is 0 Å². The first-order valence-electron chi connectivity index (χ1n) is 11.2. The van der Waals surface area contributed by atoms with Crippen LogP contribution in [0.3, 0.4) is 0 Å². The molecule has 0 bridgehead atoms. The summed E-state index contributed by atoms with van der Waals surface area (Å²) < 4.78 is 33.5. The maximum absolute atomic E-state index is 12.8. The molecule has 0 aliphatic carbocycles. The topological polar surface area (TPSA) is 101 Å². The summed E-state index contributed by atoms with van der Waals surface area (Å²) in [6.07, 6.45) is 1.24. The molecule has 1 N–H and O–H groups in total. The molecule has 1 aliphatic rings. The summed E-state index contributed by atoms with van der Waals surface area (Å²) in [6.45, 7) is 7.06. The van der Waals surface area contributed by atoms with Gasteiger partial charge in [0.25, 0.3) is 5.56 Å². The van der Waals surface area contributed by atoms with E-state index in [9.17, 15) is 18.0 Å². The number of nitrogens with zero attached hydrogens (tertiary/aromatic N) is 3. The normalized spacial score (nSPS) is 16.0. The number of aromatic nitrogens is 1. The number of hydrogen-bond acceptors (Lipinski definition) is 6. The van der Waals surface area contributed by atoms with Gasteiger partial charge in [-0.3, -0.25) is 14.5 Å². The summed E-state index contributed by atoms with van der Waals surface area (Å²) in [4.78, 5) is 27.3. The van der Waals surface area contributed by atoms with Crippen LogP contribution in [-0.2, 0) is 26.1 Å². The summed E-state index contributed by atoms with van der Waals surface area (Å²) >= 11 is 0. The molecule has 2 aromatic rings. The first-order valence-corrected chi connectivity index (χ1v) is 12.6. The zero-order valence-electron chi connectivity index (χ0n) is 19.1. The fourth-order valence-corrected chi connectivity index (χ4v) is 5.42. The number of ether oxygens (including phenoxy) is 1. The van der Waals surface area contributed by atoms with Gasteiger partial charge in [-0.05, 0) is 11.6 Å². The molecule has 3 rings (SSSR count). The molecule has 33 heavy (non-hydrogen) atoms. The van der Waals surface area contributed by atoms with Crippen LogP contribution in [0.5, 0.6) is 0 Å². The number of rotatable bonds is 10. The van der Waals surface area contributed by atoms with Crippen LogP contribution in [0.15, 0.2) is 58.4 Å². The molecule has 1 aromatic heterocycles. The minimum Gasteiger partial charge on any atom is -0.379 e. The van der Waals surface area contributed by atoms with Gasteiger partial charge in [-0.15, -0.1) is 0 Å². The zero-order valence-corrected chi connectivity index (χ0v) is 20.0. The second-order valence-corrected chi connectivity index (χ2v) is 9.74. The van der Waals surface area contributed by atoms with Crippen LogP contribution in [0.1, 0.15) is 25.5 Å². The Balaban J connectivity index is 1.72. The first kappa shape index (κ1) is 25.1. The molecular weight excluding hydrogens is 444 g/mol. The maximum Gasteiger partial charge on any atom is 0.251 e. The minimum atomic E-state index is -3.73. The van der Waals surface area contributed by atoms with Crippen LogP contribution in [0.2, 0.25) is 0 Å². The molecule has 1 atom stereocenters. The van der Waals surface area contributed by atoms with Gasteiger partial charge in [-0.2, -0.15) is 4.31 Å². The predicted octanol–water partition coefficient (Wildman–Crippen LogP) is 1.07. The van der Waals surface area contributed by atoms with Gasteiger partial charge >= 0.3 is 0 Å². The number of pyridine rings is 1. The highest BCUT2D eigenvalue weighted by atomic mass is 32.2. The van der Waals surface area contributed by atoms with Crippen LogP contribution < -0.4 is 10.9 Å². The van der Waals surface area contributed by atoms with E-state index >= 15 is 0 Å². The van der Waals surface area contributed by atoms with Crippen LogP contribution in [0, 0.1) is 0 Å². The van der Waals surface area contributed by atoms with Gasteiger partial charge in [-0.1, -0.05) is 44.2 Å². The molecule has 1 fully saturated rings. The van der Waals surface area contributed by atoms with Crippen molar-refractivity contribution in [2.24, 2.45) is 0 Å². The highest BCUT2D eigenvalue weighted by Crippen LogP contribution is 2.21. The molecule has 0 saturated carbocycles. The van der Waals surface area contributed by atoms with Gasteiger partial charge in [0.05, 0.1) is 24.2 Å². The molecule has 1 aliphatic heterocycles. The van der Waals surface area contributed by atoms with Crippen LogP contribution in [-0.4, -0.2) is 74.0 Å². The van der Waals surface area contributed by atoms with E-state index in [0.717, 1.165) is 23.2 Å². The largest absolute Gasteiger partial charge is 0.379 e. The van der Waals surface area contributed by atoms with Crippen molar-refractivity contribution in [2.45, 2.75) is 31.3 Å². The number of morpholine rings is 1. The average Bonchev–Trinajstić information content (AvgIpc) is 2.82. The number of nitrogens with one attached hydrogen (secondary N) is 1. The SMILES string of the molecule is CCN(CC)S(=O)(=O)c1ccc(=O)n(CC(=O)NC[C@H](c2ccccc2)N2CCOCC2)c1. The molecule has 1 saturated heterocycles. The first-order chi connectivity index (χ1) is 15.9. The van der Waals surface area contributed by atoms with Crippen molar-refractivity contribution in [3.8, 4) is 0 Å². The van der Waals surface area contributed by atoms with Crippen LogP contribution in [0.4, 0.5) is 0 Å². The third-order valence-corrected chi connectivity index (χ3v) is 7.81. The van der Waals surface area contributed by atoms with E-state index < -0.39 is 15.6 Å². The van der Waals surface area contributed by atoms with Crippen molar-refractivity contribution in [1.82, 2.24) is 19.1 Å². The Morgan fingerprint density at radius 3 is 2.39 bits per heavy atom. The molecule has 0 radical (unpaired) electrons. The zero-order chi connectivity index (χ0) is 23.8. The molecule has 1 aromatic carbocycles. The number of sulfonamides is 1. The van der Waals surface area contributed by atoms with E-state index in [2.05, 4.69) is 10.2 Å². The molecule has 0 spiro atoms. The van der Waals surface area contributed by atoms with E-state index in [1.54, 1.807) is 13.8 Å². The van der Waals surface area contributed by atoms with E-state index in [0.29, 0.717) is 32.8 Å². The summed E-state index contributed by atoms with van der Waals surface area (Å²) in [6, 6.07) is 12.4. The van der Waals surface area contributed by atoms with Crippen molar-refractivity contribution in [2.75, 3.05) is 45.9 Å². The van der Waals surface area contributed by atoms with Crippen molar-refractivity contribution >= 4 is 15.9 Å². The fraction of sp³-hybridized carbons (Fsp3) is 0.478. The lowest BCUT2D eigenvalue weighted by atomic mass is 10.0. The third kappa shape index (κ3) is 6.29. The summed E-state index contributed by atoms with van der Waals surface area (Å²) in [5.74, 6) is -0.358. The number of carbonyl (C=O) groups excluding carboxylic acids is 1. The molecule has 2 heterocycles. The molecule has 9 nitrogen and oxygen atoms in total. The minimum absolute atomic E-state index is 0.00548. The Hall–Kier alpha value is -2.53. The summed E-state index contributed by atoms with van der Waals surface area (Å²) in [5, 5.41) is 2.92. The Bertz CT molecular complexity index is 1080. The Morgan fingerprint density at radius 1 is 1.09 bits per heavy atom. The molecule has 1 amide bonds. The van der Waals surface area contributed by atoms with Crippen molar-refractivity contribution in [1.29, 1.82) is 0 Å². The van der Waals surface area contributed by atoms with Gasteiger partial charge in [0, 0.05) is 45.0 Å². The average molecular weight is 477 g/mol. The predicted molar refractivity (Wildman–Crippen MR) is 125 cm³/mol. The van der Waals surface area contributed by atoms with Crippen LogP contribution in [0.25, 0.3) is 0 Å². The van der Waals surface area contributed by atoms with Crippen molar-refractivity contribution in [3.05, 3.63) is 64.6 Å². The number of benzene rings is 1. The summed E-state index contributed by atoms with van der Waals surface area (Å²) in [5.41, 5.74) is 0.653. The second kappa shape index (κ2) is 11.6. The molecule has 180 valence electrons. The summed E-state index contributed by atoms with van der Waals surface area (Å²) in [7, 11) is -3.73. The van der Waals surface area contributed by atoms with Gasteiger partial charge in [0.15, 0.2) is 0 Å². The van der Waals surface area contributed by atoms with Crippen molar-refractivity contribution < 1.29 is 17.9 Å². The van der Waals surface area contributed by atoms with Gasteiger partial charge < -0.3 is 14.6 Å². The Morgan fingerprint density at radius 2 is 1.76 bits per heavy atom. The highest BCUT2D eigenvalue weighted by molar-refractivity contribution is 7.89. The standard InChI is InChI=1S/C23H32N4O5S/c1-3-27(4-2)33(30,31)20-10-11-23(29)26(17-20)18-22(28)24-16-21(19-8-6-5-7-9-19)25-12-14-32-15-13-25/h5-11,17,21H,3-4,12-16,18H2,1-2H3,(H,24,28)/t21-/m1/s1.